The van der Waals surface area contributed by atoms with E-state index >= 15 is 0 Å². The van der Waals surface area contributed by atoms with Crippen LogP contribution in [0.2, 0.25) is 0 Å². The molecule has 0 saturated carbocycles. The second-order valence-electron chi connectivity index (χ2n) is 6.40. The van der Waals surface area contributed by atoms with Gasteiger partial charge < -0.3 is 9.80 Å². The summed E-state index contributed by atoms with van der Waals surface area (Å²) in [4.78, 5) is 23.8. The maximum atomic E-state index is 14.3. The van der Waals surface area contributed by atoms with Gasteiger partial charge in [-0.1, -0.05) is 30.3 Å². The van der Waals surface area contributed by atoms with Crippen LogP contribution in [0.3, 0.4) is 0 Å². The Morgan fingerprint density at radius 2 is 1.74 bits per heavy atom. The Morgan fingerprint density at radius 3 is 2.48 bits per heavy atom. The quantitative estimate of drug-likeness (QED) is 0.764. The average Bonchev–Trinajstić information content (AvgIpc) is 2.71. The molecule has 0 spiro atoms. The van der Waals surface area contributed by atoms with Crippen LogP contribution in [0.5, 0.6) is 0 Å². The summed E-state index contributed by atoms with van der Waals surface area (Å²) in [5.74, 6) is -0.0526. The molecule has 2 aromatic heterocycles. The molecule has 138 valence electrons. The standard InChI is InChI=1S/C19H19FN6O/c1-13-17(20)19(22-12-21-13)26-9-7-25(8-10-26)15-11-16(27)23-24-18(15)14-5-3-2-4-6-14/h2-6,11-12H,7-10H2,1H3,(H,23,27). The molecule has 1 saturated heterocycles. The summed E-state index contributed by atoms with van der Waals surface area (Å²) in [6, 6.07) is 11.3. The van der Waals surface area contributed by atoms with E-state index in [-0.39, 0.29) is 11.4 Å². The Labute approximate surface area is 155 Å². The monoisotopic (exact) mass is 366 g/mol. The minimum Gasteiger partial charge on any atom is -0.366 e. The summed E-state index contributed by atoms with van der Waals surface area (Å²) in [6.45, 7) is 4.08. The fourth-order valence-electron chi connectivity index (χ4n) is 3.27. The van der Waals surface area contributed by atoms with Crippen molar-refractivity contribution in [3.8, 4) is 11.3 Å². The third-order valence-corrected chi connectivity index (χ3v) is 4.70. The fraction of sp³-hybridized carbons (Fsp3) is 0.263. The van der Waals surface area contributed by atoms with Gasteiger partial charge in [-0.2, -0.15) is 5.10 Å². The second kappa shape index (κ2) is 7.14. The second-order valence-corrected chi connectivity index (χ2v) is 6.40. The lowest BCUT2D eigenvalue weighted by Crippen LogP contribution is -2.47. The smallest absolute Gasteiger partial charge is 0.266 e. The van der Waals surface area contributed by atoms with Gasteiger partial charge in [0.05, 0.1) is 11.4 Å². The summed E-state index contributed by atoms with van der Waals surface area (Å²) in [6.07, 6.45) is 1.38. The van der Waals surface area contributed by atoms with Crippen LogP contribution in [0.25, 0.3) is 11.3 Å². The summed E-state index contributed by atoms with van der Waals surface area (Å²) in [5.41, 5.74) is 2.54. The van der Waals surface area contributed by atoms with Crippen molar-refractivity contribution < 1.29 is 4.39 Å². The van der Waals surface area contributed by atoms with Crippen molar-refractivity contribution >= 4 is 11.5 Å². The van der Waals surface area contributed by atoms with Crippen LogP contribution in [-0.4, -0.2) is 46.3 Å². The molecule has 4 rings (SSSR count). The van der Waals surface area contributed by atoms with E-state index in [0.717, 1.165) is 16.9 Å². The van der Waals surface area contributed by atoms with Crippen molar-refractivity contribution in [1.82, 2.24) is 20.2 Å². The topological polar surface area (TPSA) is 78.0 Å². The number of nitrogens with zero attached hydrogens (tertiary/aromatic N) is 5. The van der Waals surface area contributed by atoms with Crippen molar-refractivity contribution in [2.24, 2.45) is 0 Å². The molecule has 1 aliphatic rings. The lowest BCUT2D eigenvalue weighted by molar-refractivity contribution is 0.574. The third kappa shape index (κ3) is 3.38. The molecule has 1 fully saturated rings. The molecule has 1 aliphatic heterocycles. The highest BCUT2D eigenvalue weighted by Crippen LogP contribution is 2.28. The highest BCUT2D eigenvalue weighted by molar-refractivity contribution is 5.74. The molecule has 1 N–H and O–H groups in total. The first kappa shape index (κ1) is 17.1. The molecular formula is C19H19FN6O. The highest BCUT2D eigenvalue weighted by atomic mass is 19.1. The zero-order valence-corrected chi connectivity index (χ0v) is 14.9. The Bertz CT molecular complexity index is 999. The number of H-pyrrole nitrogens is 1. The number of benzene rings is 1. The summed E-state index contributed by atoms with van der Waals surface area (Å²) in [5, 5.41) is 6.77. The Kier molecular flexibility index (Phi) is 4.53. The van der Waals surface area contributed by atoms with Crippen LogP contribution >= 0.6 is 0 Å². The van der Waals surface area contributed by atoms with E-state index in [9.17, 15) is 9.18 Å². The van der Waals surface area contributed by atoms with Crippen molar-refractivity contribution in [2.75, 3.05) is 36.0 Å². The van der Waals surface area contributed by atoms with E-state index in [4.69, 9.17) is 0 Å². The minimum atomic E-state index is -0.381. The van der Waals surface area contributed by atoms with Crippen LogP contribution in [0.1, 0.15) is 5.69 Å². The summed E-state index contributed by atoms with van der Waals surface area (Å²) >= 11 is 0. The van der Waals surface area contributed by atoms with Gasteiger partial charge in [-0.15, -0.1) is 0 Å². The predicted molar refractivity (Wildman–Crippen MR) is 101 cm³/mol. The van der Waals surface area contributed by atoms with Gasteiger partial charge in [-0.05, 0) is 6.92 Å². The van der Waals surface area contributed by atoms with Crippen molar-refractivity contribution in [3.63, 3.8) is 0 Å². The molecule has 0 radical (unpaired) electrons. The lowest BCUT2D eigenvalue weighted by Gasteiger charge is -2.37. The molecule has 7 nitrogen and oxygen atoms in total. The number of halogens is 1. The average molecular weight is 366 g/mol. The van der Waals surface area contributed by atoms with Gasteiger partial charge >= 0.3 is 0 Å². The molecule has 0 bridgehead atoms. The summed E-state index contributed by atoms with van der Waals surface area (Å²) in [7, 11) is 0. The van der Waals surface area contributed by atoms with Crippen molar-refractivity contribution in [2.45, 2.75) is 6.92 Å². The first-order chi connectivity index (χ1) is 13.1. The van der Waals surface area contributed by atoms with E-state index in [1.165, 1.54) is 6.33 Å². The molecule has 27 heavy (non-hydrogen) atoms. The first-order valence-electron chi connectivity index (χ1n) is 8.75. The minimum absolute atomic E-state index is 0.246. The van der Waals surface area contributed by atoms with Gasteiger partial charge in [-0.25, -0.2) is 19.5 Å². The van der Waals surface area contributed by atoms with Crippen LogP contribution in [0.15, 0.2) is 47.5 Å². The third-order valence-electron chi connectivity index (χ3n) is 4.70. The van der Waals surface area contributed by atoms with E-state index in [2.05, 4.69) is 25.1 Å². The van der Waals surface area contributed by atoms with Gasteiger partial charge in [0.15, 0.2) is 11.6 Å². The first-order valence-corrected chi connectivity index (χ1v) is 8.75. The van der Waals surface area contributed by atoms with Crippen LogP contribution in [-0.2, 0) is 0 Å². The maximum Gasteiger partial charge on any atom is 0.266 e. The molecule has 0 aliphatic carbocycles. The Hall–Kier alpha value is -3.29. The normalized spacial score (nSPS) is 14.4. The Morgan fingerprint density at radius 1 is 1.04 bits per heavy atom. The van der Waals surface area contributed by atoms with Crippen molar-refractivity contribution in [3.05, 3.63) is 64.6 Å². The number of aromatic nitrogens is 4. The van der Waals surface area contributed by atoms with Crippen LogP contribution in [0.4, 0.5) is 15.9 Å². The predicted octanol–water partition coefficient (Wildman–Crippen LogP) is 2.00. The molecule has 0 unspecified atom stereocenters. The number of piperazine rings is 1. The number of nitrogens with one attached hydrogen (secondary N) is 1. The molecule has 3 heterocycles. The molecule has 1 aromatic carbocycles. The SMILES string of the molecule is Cc1ncnc(N2CCN(c3cc(=O)[nH]nc3-c3ccccc3)CC2)c1F. The lowest BCUT2D eigenvalue weighted by atomic mass is 10.1. The molecular weight excluding hydrogens is 347 g/mol. The molecule has 8 heteroatoms. The van der Waals surface area contributed by atoms with Gasteiger partial charge in [-0.3, -0.25) is 4.79 Å². The van der Waals surface area contributed by atoms with Gasteiger partial charge in [0.1, 0.15) is 12.0 Å². The maximum absolute atomic E-state index is 14.3. The van der Waals surface area contributed by atoms with Gasteiger partial charge in [0.2, 0.25) is 0 Å². The number of anilines is 2. The zero-order chi connectivity index (χ0) is 18.8. The molecule has 3 aromatic rings. The van der Waals surface area contributed by atoms with Gasteiger partial charge in [0.25, 0.3) is 5.56 Å². The van der Waals surface area contributed by atoms with E-state index in [1.807, 2.05) is 35.2 Å². The Balaban J connectivity index is 1.59. The zero-order valence-electron chi connectivity index (χ0n) is 14.9. The number of rotatable bonds is 3. The van der Waals surface area contributed by atoms with E-state index in [1.54, 1.807) is 13.0 Å². The number of hydrogen-bond donors (Lipinski definition) is 1. The van der Waals surface area contributed by atoms with Gasteiger partial charge in [0, 0.05) is 37.8 Å². The number of aromatic amines is 1. The van der Waals surface area contributed by atoms with Crippen molar-refractivity contribution in [1.29, 1.82) is 0 Å². The van der Waals surface area contributed by atoms with Crippen LogP contribution in [0, 0.1) is 12.7 Å². The summed E-state index contributed by atoms with van der Waals surface area (Å²) < 4.78 is 14.3. The molecule has 0 amide bonds. The fourth-order valence-corrected chi connectivity index (χ4v) is 3.27. The number of aryl methyl sites for hydroxylation is 1. The van der Waals surface area contributed by atoms with E-state index < -0.39 is 0 Å². The number of hydrogen-bond acceptors (Lipinski definition) is 6. The molecule has 0 atom stereocenters. The largest absolute Gasteiger partial charge is 0.366 e. The highest BCUT2D eigenvalue weighted by Gasteiger charge is 2.24. The van der Waals surface area contributed by atoms with Crippen LogP contribution < -0.4 is 15.4 Å². The van der Waals surface area contributed by atoms with E-state index in [0.29, 0.717) is 37.7 Å².